The maximum absolute atomic E-state index is 12.4. The van der Waals surface area contributed by atoms with Gasteiger partial charge in [0.25, 0.3) is 0 Å². The van der Waals surface area contributed by atoms with Gasteiger partial charge in [-0.3, -0.25) is 9.69 Å². The fourth-order valence-corrected chi connectivity index (χ4v) is 1.77. The number of carbonyl (C=O) groups is 1. The van der Waals surface area contributed by atoms with Crippen molar-refractivity contribution in [2.24, 2.45) is 0 Å². The monoisotopic (exact) mass is 287 g/mol. The number of carboxylic acids is 1. The number of morpholine rings is 1. The van der Waals surface area contributed by atoms with Crippen LogP contribution in [0.25, 0.3) is 0 Å². The van der Waals surface area contributed by atoms with Crippen LogP contribution in [0.2, 0.25) is 0 Å². The maximum atomic E-state index is 12.4. The van der Waals surface area contributed by atoms with Gasteiger partial charge in [0, 0.05) is 26.1 Å². The normalized spacial score (nSPS) is 17.6. The highest BCUT2D eigenvalue weighted by Gasteiger charge is 2.09. The average Bonchev–Trinajstić information content (AvgIpc) is 2.44. The van der Waals surface area contributed by atoms with Gasteiger partial charge in [0.1, 0.15) is 19.0 Å². The van der Waals surface area contributed by atoms with Crippen molar-refractivity contribution >= 4 is 5.97 Å². The number of rotatable bonds is 9. The Balaban J connectivity index is 2.24. The van der Waals surface area contributed by atoms with Crippen molar-refractivity contribution in [1.82, 2.24) is 4.90 Å². The molecule has 0 aliphatic carbocycles. The SMILES string of the molecule is O=C(O)CC/C=C\C(=C/CF)OCCN1CCOCC1. The molecule has 20 heavy (non-hydrogen) atoms. The van der Waals surface area contributed by atoms with Crippen LogP contribution in [-0.2, 0) is 14.3 Å². The first-order chi connectivity index (χ1) is 9.72. The van der Waals surface area contributed by atoms with Gasteiger partial charge >= 0.3 is 5.97 Å². The minimum Gasteiger partial charge on any atom is -0.493 e. The molecule has 6 heteroatoms. The molecule has 1 rings (SSSR count). The van der Waals surface area contributed by atoms with Gasteiger partial charge in [0.15, 0.2) is 0 Å². The standard InChI is InChI=1S/C14H22FNO4/c15-6-5-13(3-1-2-4-14(17)18)20-12-9-16-7-10-19-11-8-16/h1,3,5H,2,4,6-12H2,(H,17,18)/b3-1-,13-5+. The summed E-state index contributed by atoms with van der Waals surface area (Å²) in [5.41, 5.74) is 0. The Morgan fingerprint density at radius 3 is 2.80 bits per heavy atom. The Hall–Kier alpha value is -1.40. The average molecular weight is 287 g/mol. The molecule has 1 N–H and O–H groups in total. The third-order valence-corrected chi connectivity index (χ3v) is 2.87. The molecule has 1 heterocycles. The number of hydrogen-bond donors (Lipinski definition) is 1. The smallest absolute Gasteiger partial charge is 0.303 e. The minimum atomic E-state index is -0.848. The number of nitrogens with zero attached hydrogens (tertiary/aromatic N) is 1. The highest BCUT2D eigenvalue weighted by Crippen LogP contribution is 2.04. The summed E-state index contributed by atoms with van der Waals surface area (Å²) in [5.74, 6) is -0.398. The molecular formula is C14H22FNO4. The molecule has 0 aromatic rings. The van der Waals surface area contributed by atoms with Gasteiger partial charge in [-0.15, -0.1) is 0 Å². The second-order valence-corrected chi connectivity index (χ2v) is 4.40. The van der Waals surface area contributed by atoms with Crippen molar-refractivity contribution in [3.05, 3.63) is 24.0 Å². The van der Waals surface area contributed by atoms with Crippen LogP contribution in [-0.4, -0.2) is 62.1 Å². The van der Waals surface area contributed by atoms with Crippen LogP contribution in [0.4, 0.5) is 4.39 Å². The lowest BCUT2D eigenvalue weighted by atomic mass is 10.3. The largest absolute Gasteiger partial charge is 0.493 e. The fraction of sp³-hybridized carbons (Fsp3) is 0.643. The molecule has 0 atom stereocenters. The van der Waals surface area contributed by atoms with E-state index in [2.05, 4.69) is 4.90 Å². The van der Waals surface area contributed by atoms with Crippen molar-refractivity contribution in [3.8, 4) is 0 Å². The molecule has 0 spiro atoms. The van der Waals surface area contributed by atoms with E-state index in [4.69, 9.17) is 14.6 Å². The van der Waals surface area contributed by atoms with Crippen LogP contribution in [0.3, 0.4) is 0 Å². The summed E-state index contributed by atoms with van der Waals surface area (Å²) in [4.78, 5) is 12.6. The predicted molar refractivity (Wildman–Crippen MR) is 73.3 cm³/mol. The van der Waals surface area contributed by atoms with Gasteiger partial charge in [0.05, 0.1) is 13.2 Å². The molecule has 0 bridgehead atoms. The van der Waals surface area contributed by atoms with Crippen LogP contribution >= 0.6 is 0 Å². The summed E-state index contributed by atoms with van der Waals surface area (Å²) in [6, 6.07) is 0. The van der Waals surface area contributed by atoms with Crippen LogP contribution in [0.5, 0.6) is 0 Å². The van der Waals surface area contributed by atoms with E-state index in [1.54, 1.807) is 12.2 Å². The summed E-state index contributed by atoms with van der Waals surface area (Å²) in [7, 11) is 0. The van der Waals surface area contributed by atoms with E-state index in [9.17, 15) is 9.18 Å². The molecule has 0 aromatic carbocycles. The third-order valence-electron chi connectivity index (χ3n) is 2.87. The first kappa shape index (κ1) is 16.7. The molecule has 0 radical (unpaired) electrons. The molecule has 114 valence electrons. The van der Waals surface area contributed by atoms with Crippen LogP contribution < -0.4 is 0 Å². The van der Waals surface area contributed by atoms with E-state index in [-0.39, 0.29) is 6.42 Å². The third kappa shape index (κ3) is 7.91. The molecule has 5 nitrogen and oxygen atoms in total. The van der Waals surface area contributed by atoms with Gasteiger partial charge in [-0.05, 0) is 18.6 Å². The van der Waals surface area contributed by atoms with E-state index < -0.39 is 12.6 Å². The predicted octanol–water partition coefficient (Wildman–Crippen LogP) is 1.61. The molecule has 0 unspecified atom stereocenters. The maximum Gasteiger partial charge on any atom is 0.303 e. The molecule has 1 aliphatic rings. The molecule has 1 fully saturated rings. The Morgan fingerprint density at radius 2 is 2.15 bits per heavy atom. The highest BCUT2D eigenvalue weighted by molar-refractivity contribution is 5.66. The van der Waals surface area contributed by atoms with Gasteiger partial charge in [-0.2, -0.15) is 0 Å². The quantitative estimate of drug-likeness (QED) is 0.516. The second kappa shape index (κ2) is 10.4. The summed E-state index contributed by atoms with van der Waals surface area (Å²) in [5, 5.41) is 8.51. The first-order valence-corrected chi connectivity index (χ1v) is 6.79. The highest BCUT2D eigenvalue weighted by atomic mass is 19.1. The van der Waals surface area contributed by atoms with Crippen LogP contribution in [0, 0.1) is 0 Å². The van der Waals surface area contributed by atoms with E-state index in [1.807, 2.05) is 0 Å². The van der Waals surface area contributed by atoms with Crippen LogP contribution in [0.1, 0.15) is 12.8 Å². The molecular weight excluding hydrogens is 265 g/mol. The zero-order chi connectivity index (χ0) is 14.6. The van der Waals surface area contributed by atoms with Gasteiger partial charge in [0.2, 0.25) is 0 Å². The van der Waals surface area contributed by atoms with Gasteiger partial charge in [-0.1, -0.05) is 6.08 Å². The van der Waals surface area contributed by atoms with E-state index in [0.717, 1.165) is 32.8 Å². The number of hydrogen-bond acceptors (Lipinski definition) is 4. The Kier molecular flexibility index (Phi) is 8.66. The van der Waals surface area contributed by atoms with Gasteiger partial charge < -0.3 is 14.6 Å². The lowest BCUT2D eigenvalue weighted by molar-refractivity contribution is -0.136. The lowest BCUT2D eigenvalue weighted by Crippen LogP contribution is -2.38. The number of aliphatic carboxylic acids is 1. The van der Waals surface area contributed by atoms with E-state index >= 15 is 0 Å². The summed E-state index contributed by atoms with van der Waals surface area (Å²) in [6.45, 7) is 3.91. The molecule has 1 aliphatic heterocycles. The number of ether oxygens (including phenoxy) is 2. The summed E-state index contributed by atoms with van der Waals surface area (Å²) in [6.07, 6.45) is 5.13. The van der Waals surface area contributed by atoms with Crippen LogP contribution in [0.15, 0.2) is 24.0 Å². The Bertz CT molecular complexity index is 338. The Labute approximate surface area is 118 Å². The topological polar surface area (TPSA) is 59.0 Å². The molecule has 0 amide bonds. The number of carboxylic acid groups (broad SMARTS) is 1. The second-order valence-electron chi connectivity index (χ2n) is 4.40. The van der Waals surface area contributed by atoms with Crippen molar-refractivity contribution < 1.29 is 23.8 Å². The molecule has 0 saturated carbocycles. The van der Waals surface area contributed by atoms with Crippen molar-refractivity contribution in [3.63, 3.8) is 0 Å². The van der Waals surface area contributed by atoms with E-state index in [1.165, 1.54) is 6.08 Å². The lowest BCUT2D eigenvalue weighted by Gasteiger charge is -2.26. The fourth-order valence-electron chi connectivity index (χ4n) is 1.77. The minimum absolute atomic E-state index is 0.0627. The summed E-state index contributed by atoms with van der Waals surface area (Å²) >= 11 is 0. The Morgan fingerprint density at radius 1 is 1.40 bits per heavy atom. The van der Waals surface area contributed by atoms with E-state index in [0.29, 0.717) is 18.8 Å². The zero-order valence-corrected chi connectivity index (χ0v) is 11.6. The number of allylic oxidation sites excluding steroid dienone is 3. The number of alkyl halides is 1. The van der Waals surface area contributed by atoms with Crippen molar-refractivity contribution in [1.29, 1.82) is 0 Å². The number of halogens is 1. The first-order valence-electron chi connectivity index (χ1n) is 6.79. The van der Waals surface area contributed by atoms with Crippen molar-refractivity contribution in [2.45, 2.75) is 12.8 Å². The zero-order valence-electron chi connectivity index (χ0n) is 11.6. The van der Waals surface area contributed by atoms with Crippen molar-refractivity contribution in [2.75, 3.05) is 46.1 Å². The molecule has 0 aromatic heterocycles. The summed E-state index contributed by atoms with van der Waals surface area (Å²) < 4.78 is 23.1. The molecule has 1 saturated heterocycles. The van der Waals surface area contributed by atoms with Gasteiger partial charge in [-0.25, -0.2) is 4.39 Å².